The van der Waals surface area contributed by atoms with Gasteiger partial charge in [-0.25, -0.2) is 9.18 Å². The van der Waals surface area contributed by atoms with Crippen molar-refractivity contribution >= 4 is 23.6 Å². The van der Waals surface area contributed by atoms with Crippen LogP contribution in [0.25, 0.3) is 6.08 Å². The van der Waals surface area contributed by atoms with Gasteiger partial charge < -0.3 is 0 Å². The molecule has 0 N–H and O–H groups in total. The maximum Gasteiger partial charge on any atom is 0.240 e. The fraction of sp³-hybridized carbons (Fsp3) is 0. The van der Waals surface area contributed by atoms with Crippen molar-refractivity contribution in [2.45, 2.75) is 0 Å². The van der Waals surface area contributed by atoms with Crippen molar-refractivity contribution < 1.29 is 14.0 Å². The van der Waals surface area contributed by atoms with E-state index < -0.39 is 0 Å². The van der Waals surface area contributed by atoms with E-state index in [9.17, 15) is 14.0 Å². The smallest absolute Gasteiger partial charge is 0.240 e. The molecule has 0 saturated carbocycles. The van der Waals surface area contributed by atoms with Crippen molar-refractivity contribution in [2.75, 3.05) is 0 Å². The van der Waals surface area contributed by atoms with Crippen LogP contribution in [0.2, 0.25) is 0 Å². The number of halogens is 1. The van der Waals surface area contributed by atoms with Crippen LogP contribution in [-0.4, -0.2) is 11.9 Å². The molecule has 3 nitrogen and oxygen atoms in total. The molecule has 0 saturated heterocycles. The molecule has 0 heterocycles. The summed E-state index contributed by atoms with van der Waals surface area (Å²) >= 11 is 0. The monoisotopic (exact) mass is 267 g/mol. The van der Waals surface area contributed by atoms with Crippen LogP contribution < -0.4 is 0 Å². The standard InChI is InChI=1S/C16H10FNO2/c17-14-6-1-12(2-7-14)3-10-16(20)13-4-8-15(9-5-13)18-11-19/h1-10H. The molecule has 0 aliphatic carbocycles. The van der Waals surface area contributed by atoms with E-state index in [0.717, 1.165) is 5.56 Å². The molecule has 0 spiro atoms. The Labute approximate surface area is 115 Å². The summed E-state index contributed by atoms with van der Waals surface area (Å²) in [4.78, 5) is 25.4. The number of isocyanates is 1. The third-order valence-electron chi connectivity index (χ3n) is 2.62. The van der Waals surface area contributed by atoms with Gasteiger partial charge in [0.25, 0.3) is 0 Å². The highest BCUT2D eigenvalue weighted by Crippen LogP contribution is 2.13. The van der Waals surface area contributed by atoms with E-state index in [1.54, 1.807) is 42.5 Å². The first kappa shape index (κ1) is 13.6. The second kappa shape index (κ2) is 6.36. The lowest BCUT2D eigenvalue weighted by molar-refractivity contribution is 0.104. The van der Waals surface area contributed by atoms with E-state index in [-0.39, 0.29) is 11.6 Å². The molecule has 0 fully saturated rings. The van der Waals surface area contributed by atoms with Crippen LogP contribution in [0, 0.1) is 5.82 Å². The van der Waals surface area contributed by atoms with Gasteiger partial charge in [0.05, 0.1) is 5.69 Å². The van der Waals surface area contributed by atoms with Crippen molar-refractivity contribution in [3.63, 3.8) is 0 Å². The Bertz CT molecular complexity index is 681. The van der Waals surface area contributed by atoms with Crippen molar-refractivity contribution in [2.24, 2.45) is 4.99 Å². The van der Waals surface area contributed by atoms with Crippen LogP contribution in [0.3, 0.4) is 0 Å². The summed E-state index contributed by atoms with van der Waals surface area (Å²) in [5, 5.41) is 0. The molecule has 0 radical (unpaired) electrons. The Hall–Kier alpha value is -2.84. The van der Waals surface area contributed by atoms with E-state index in [0.29, 0.717) is 11.3 Å². The largest absolute Gasteiger partial charge is 0.289 e. The number of carbonyl (C=O) groups excluding carboxylic acids is 2. The highest BCUT2D eigenvalue weighted by molar-refractivity contribution is 6.06. The summed E-state index contributed by atoms with van der Waals surface area (Å²) in [6, 6.07) is 12.1. The van der Waals surface area contributed by atoms with Crippen LogP contribution in [0.5, 0.6) is 0 Å². The molecule has 0 aliphatic rings. The second-order valence-corrected chi connectivity index (χ2v) is 4.00. The lowest BCUT2D eigenvalue weighted by Gasteiger charge is -1.96. The van der Waals surface area contributed by atoms with Gasteiger partial charge in [-0.05, 0) is 48.0 Å². The topological polar surface area (TPSA) is 46.5 Å². The minimum Gasteiger partial charge on any atom is -0.289 e. The van der Waals surface area contributed by atoms with Crippen LogP contribution in [0.15, 0.2) is 59.6 Å². The molecule has 98 valence electrons. The summed E-state index contributed by atoms with van der Waals surface area (Å²) in [5.41, 5.74) is 1.66. The molecule has 0 unspecified atom stereocenters. The van der Waals surface area contributed by atoms with Gasteiger partial charge in [-0.3, -0.25) is 4.79 Å². The highest BCUT2D eigenvalue weighted by Gasteiger charge is 2.01. The average molecular weight is 267 g/mol. The van der Waals surface area contributed by atoms with Crippen LogP contribution in [0.1, 0.15) is 15.9 Å². The molecule has 0 aromatic heterocycles. The maximum atomic E-state index is 12.7. The van der Waals surface area contributed by atoms with Gasteiger partial charge in [-0.1, -0.05) is 18.2 Å². The predicted octanol–water partition coefficient (Wildman–Crippen LogP) is 3.69. The maximum absolute atomic E-state index is 12.7. The normalized spacial score (nSPS) is 10.2. The van der Waals surface area contributed by atoms with E-state index >= 15 is 0 Å². The van der Waals surface area contributed by atoms with Gasteiger partial charge in [0.15, 0.2) is 5.78 Å². The van der Waals surface area contributed by atoms with Crippen molar-refractivity contribution in [3.8, 4) is 0 Å². The third-order valence-corrected chi connectivity index (χ3v) is 2.62. The van der Waals surface area contributed by atoms with Crippen molar-refractivity contribution in [3.05, 3.63) is 71.6 Å². The van der Waals surface area contributed by atoms with Gasteiger partial charge >= 0.3 is 0 Å². The number of hydrogen-bond donors (Lipinski definition) is 0. The SMILES string of the molecule is O=C=Nc1ccc(C(=O)C=Cc2ccc(F)cc2)cc1. The zero-order chi connectivity index (χ0) is 14.4. The molecule has 4 heteroatoms. The number of aliphatic imine (C=N–C) groups is 1. The average Bonchev–Trinajstić information content (AvgIpc) is 2.47. The van der Waals surface area contributed by atoms with Gasteiger partial charge in [0.1, 0.15) is 5.82 Å². The molecular weight excluding hydrogens is 257 g/mol. The molecule has 0 amide bonds. The molecule has 0 bridgehead atoms. The number of nitrogens with zero attached hydrogens (tertiary/aromatic N) is 1. The van der Waals surface area contributed by atoms with Crippen LogP contribution in [0.4, 0.5) is 10.1 Å². The number of hydrogen-bond acceptors (Lipinski definition) is 3. The first-order valence-electron chi connectivity index (χ1n) is 5.85. The van der Waals surface area contributed by atoms with Crippen LogP contribution in [-0.2, 0) is 4.79 Å². The van der Waals surface area contributed by atoms with Gasteiger partial charge in [-0.15, -0.1) is 0 Å². The third kappa shape index (κ3) is 3.57. The van der Waals surface area contributed by atoms with E-state index in [2.05, 4.69) is 4.99 Å². The summed E-state index contributed by atoms with van der Waals surface area (Å²) < 4.78 is 12.7. The fourth-order valence-corrected chi connectivity index (χ4v) is 1.59. The molecule has 20 heavy (non-hydrogen) atoms. The zero-order valence-corrected chi connectivity index (χ0v) is 10.4. The summed E-state index contributed by atoms with van der Waals surface area (Å²) in [6.07, 6.45) is 4.45. The molecule has 2 aromatic carbocycles. The summed E-state index contributed by atoms with van der Waals surface area (Å²) in [5.74, 6) is -0.504. The molecule has 0 atom stereocenters. The quantitative estimate of drug-likeness (QED) is 0.367. The Morgan fingerprint density at radius 1 is 1.05 bits per heavy atom. The lowest BCUT2D eigenvalue weighted by Crippen LogP contribution is -1.92. The molecule has 0 aliphatic heterocycles. The molecule has 2 aromatic rings. The number of carbonyl (C=O) groups is 1. The lowest BCUT2D eigenvalue weighted by atomic mass is 10.1. The Balaban J connectivity index is 2.11. The molecule has 2 rings (SSSR count). The van der Waals surface area contributed by atoms with Gasteiger partial charge in [-0.2, -0.15) is 4.99 Å². The molecular formula is C16H10FNO2. The number of benzene rings is 2. The number of allylic oxidation sites excluding steroid dienone is 1. The van der Waals surface area contributed by atoms with Gasteiger partial charge in [0, 0.05) is 5.56 Å². The minimum absolute atomic E-state index is 0.184. The fourth-order valence-electron chi connectivity index (χ4n) is 1.59. The van der Waals surface area contributed by atoms with E-state index in [4.69, 9.17) is 0 Å². The first-order chi connectivity index (χ1) is 9.69. The Morgan fingerprint density at radius 2 is 1.70 bits per heavy atom. The van der Waals surface area contributed by atoms with Crippen molar-refractivity contribution in [1.82, 2.24) is 0 Å². The van der Waals surface area contributed by atoms with Gasteiger partial charge in [0.2, 0.25) is 6.08 Å². The number of ketones is 1. The minimum atomic E-state index is -0.320. The predicted molar refractivity (Wildman–Crippen MR) is 74.0 cm³/mol. The van der Waals surface area contributed by atoms with Crippen LogP contribution >= 0.6 is 0 Å². The van der Waals surface area contributed by atoms with E-state index in [1.165, 1.54) is 24.3 Å². The second-order valence-electron chi connectivity index (χ2n) is 4.00. The Morgan fingerprint density at radius 3 is 2.30 bits per heavy atom. The zero-order valence-electron chi connectivity index (χ0n) is 10.4. The summed E-state index contributed by atoms with van der Waals surface area (Å²) in [7, 11) is 0. The first-order valence-corrected chi connectivity index (χ1v) is 5.85. The van der Waals surface area contributed by atoms with Crippen molar-refractivity contribution in [1.29, 1.82) is 0 Å². The van der Waals surface area contributed by atoms with E-state index in [1.807, 2.05) is 0 Å². The Kier molecular flexibility index (Phi) is 4.32. The highest BCUT2D eigenvalue weighted by atomic mass is 19.1. The number of rotatable bonds is 4. The summed E-state index contributed by atoms with van der Waals surface area (Å²) in [6.45, 7) is 0.